The Morgan fingerprint density at radius 3 is 2.42 bits per heavy atom. The van der Waals surface area contributed by atoms with Gasteiger partial charge < -0.3 is 24.8 Å². The molecule has 0 aliphatic carbocycles. The Bertz CT molecular complexity index is 480. The van der Waals surface area contributed by atoms with Gasteiger partial charge in [-0.3, -0.25) is 4.79 Å². The quantitative estimate of drug-likeness (QED) is 0.787. The highest BCUT2D eigenvalue weighted by Gasteiger charge is 2.50. The molecule has 1 atom stereocenters. The van der Waals surface area contributed by atoms with Crippen molar-refractivity contribution in [1.29, 1.82) is 0 Å². The van der Waals surface area contributed by atoms with Crippen molar-refractivity contribution in [2.24, 2.45) is 5.73 Å². The molecule has 2 aliphatic rings. The van der Waals surface area contributed by atoms with E-state index in [9.17, 15) is 9.59 Å². The monoisotopic (exact) mass is 342 g/mol. The summed E-state index contributed by atoms with van der Waals surface area (Å²) in [5.74, 6) is -0.285. The molecular formula is C17H30N2O5. The molecule has 0 aromatic rings. The van der Waals surface area contributed by atoms with Crippen molar-refractivity contribution in [1.82, 2.24) is 4.90 Å². The van der Waals surface area contributed by atoms with Gasteiger partial charge in [-0.1, -0.05) is 0 Å². The number of esters is 1. The molecule has 0 aromatic heterocycles. The van der Waals surface area contributed by atoms with Gasteiger partial charge in [0.1, 0.15) is 5.60 Å². The van der Waals surface area contributed by atoms with Crippen LogP contribution in [0.1, 0.15) is 53.4 Å². The van der Waals surface area contributed by atoms with Gasteiger partial charge in [0, 0.05) is 13.1 Å². The second-order valence-electron chi connectivity index (χ2n) is 7.96. The number of hydrogen-bond acceptors (Lipinski definition) is 6. The molecule has 138 valence electrons. The third-order valence-electron chi connectivity index (χ3n) is 4.47. The van der Waals surface area contributed by atoms with Crippen molar-refractivity contribution in [2.45, 2.75) is 70.1 Å². The minimum Gasteiger partial charge on any atom is -0.466 e. The minimum absolute atomic E-state index is 0.165. The zero-order chi connectivity index (χ0) is 18.0. The van der Waals surface area contributed by atoms with Crippen LogP contribution in [0, 0.1) is 0 Å². The Kier molecular flexibility index (Phi) is 5.44. The van der Waals surface area contributed by atoms with E-state index in [1.807, 2.05) is 20.8 Å². The summed E-state index contributed by atoms with van der Waals surface area (Å²) in [7, 11) is 0. The number of nitrogens with two attached hydrogens (primary N) is 1. The average Bonchev–Trinajstić information content (AvgIpc) is 2.74. The predicted molar refractivity (Wildman–Crippen MR) is 88.5 cm³/mol. The lowest BCUT2D eigenvalue weighted by Gasteiger charge is -2.39. The minimum atomic E-state index is -0.680. The van der Waals surface area contributed by atoms with Gasteiger partial charge in [0.05, 0.1) is 30.8 Å². The first-order valence-electron chi connectivity index (χ1n) is 8.63. The maximum atomic E-state index is 12.1. The zero-order valence-electron chi connectivity index (χ0n) is 15.2. The van der Waals surface area contributed by atoms with Gasteiger partial charge in [0.15, 0.2) is 0 Å². The number of rotatable bonds is 3. The summed E-state index contributed by atoms with van der Waals surface area (Å²) in [6.07, 6.45) is 1.89. The highest BCUT2D eigenvalue weighted by Crippen LogP contribution is 2.41. The molecule has 7 heteroatoms. The number of amides is 1. The van der Waals surface area contributed by atoms with Crippen LogP contribution < -0.4 is 5.73 Å². The molecule has 24 heavy (non-hydrogen) atoms. The van der Waals surface area contributed by atoms with Crippen LogP contribution in [-0.2, 0) is 19.0 Å². The molecule has 2 heterocycles. The van der Waals surface area contributed by atoms with E-state index in [-0.39, 0.29) is 24.1 Å². The molecule has 1 spiro atoms. The van der Waals surface area contributed by atoms with E-state index in [0.29, 0.717) is 45.6 Å². The predicted octanol–water partition coefficient (Wildman–Crippen LogP) is 1.83. The van der Waals surface area contributed by atoms with Crippen LogP contribution >= 0.6 is 0 Å². The van der Waals surface area contributed by atoms with Crippen molar-refractivity contribution in [3.63, 3.8) is 0 Å². The van der Waals surface area contributed by atoms with Crippen LogP contribution in [0.25, 0.3) is 0 Å². The lowest BCUT2D eigenvalue weighted by molar-refractivity contribution is -0.144. The highest BCUT2D eigenvalue weighted by atomic mass is 16.6. The number of likely N-dealkylation sites (tertiary alicyclic amines) is 1. The number of carbonyl (C=O) groups is 2. The number of ether oxygens (including phenoxy) is 3. The molecule has 0 bridgehead atoms. The third kappa shape index (κ3) is 4.83. The fourth-order valence-electron chi connectivity index (χ4n) is 3.40. The average molecular weight is 342 g/mol. The second-order valence-corrected chi connectivity index (χ2v) is 7.96. The van der Waals surface area contributed by atoms with E-state index in [1.54, 1.807) is 11.8 Å². The van der Waals surface area contributed by atoms with Crippen molar-refractivity contribution < 1.29 is 23.8 Å². The Morgan fingerprint density at radius 1 is 1.25 bits per heavy atom. The lowest BCUT2D eigenvalue weighted by Crippen LogP contribution is -2.49. The normalized spacial score (nSPS) is 26.5. The van der Waals surface area contributed by atoms with Crippen LogP contribution in [0.2, 0.25) is 0 Å². The molecule has 7 nitrogen and oxygen atoms in total. The fourth-order valence-corrected chi connectivity index (χ4v) is 3.40. The molecule has 2 rings (SSSR count). The topological polar surface area (TPSA) is 91.1 Å². The van der Waals surface area contributed by atoms with E-state index in [4.69, 9.17) is 19.9 Å². The second kappa shape index (κ2) is 6.88. The van der Waals surface area contributed by atoms with Gasteiger partial charge in [-0.05, 0) is 47.0 Å². The van der Waals surface area contributed by atoms with Gasteiger partial charge >= 0.3 is 12.1 Å². The lowest BCUT2D eigenvalue weighted by atomic mass is 9.81. The molecular weight excluding hydrogens is 312 g/mol. The smallest absolute Gasteiger partial charge is 0.410 e. The van der Waals surface area contributed by atoms with Crippen LogP contribution in [-0.4, -0.2) is 60.0 Å². The van der Waals surface area contributed by atoms with Crippen molar-refractivity contribution in [3.05, 3.63) is 0 Å². The Morgan fingerprint density at radius 2 is 1.88 bits per heavy atom. The van der Waals surface area contributed by atoms with E-state index < -0.39 is 11.1 Å². The van der Waals surface area contributed by atoms with Crippen molar-refractivity contribution in [3.8, 4) is 0 Å². The first-order chi connectivity index (χ1) is 11.1. The molecule has 2 N–H and O–H groups in total. The first-order valence-corrected chi connectivity index (χ1v) is 8.63. The molecule has 0 aromatic carbocycles. The Hall–Kier alpha value is -1.34. The van der Waals surface area contributed by atoms with Gasteiger partial charge in [-0.25, -0.2) is 4.79 Å². The van der Waals surface area contributed by atoms with Crippen LogP contribution in [0.3, 0.4) is 0 Å². The highest BCUT2D eigenvalue weighted by molar-refractivity contribution is 5.71. The fraction of sp³-hybridized carbons (Fsp3) is 0.882. The summed E-state index contributed by atoms with van der Waals surface area (Å²) in [5, 5.41) is 0. The Balaban J connectivity index is 1.88. The van der Waals surface area contributed by atoms with Crippen LogP contribution in [0.4, 0.5) is 4.79 Å². The number of carbonyl (C=O) groups excluding carboxylic acids is 2. The summed E-state index contributed by atoms with van der Waals surface area (Å²) in [6, 6.07) is 0. The molecule has 2 saturated heterocycles. The molecule has 2 aliphatic heterocycles. The summed E-state index contributed by atoms with van der Waals surface area (Å²) < 4.78 is 16.4. The summed E-state index contributed by atoms with van der Waals surface area (Å²) in [4.78, 5) is 25.6. The molecule has 0 radical (unpaired) electrons. The van der Waals surface area contributed by atoms with Gasteiger partial charge in [-0.2, -0.15) is 0 Å². The summed E-state index contributed by atoms with van der Waals surface area (Å²) >= 11 is 0. The maximum Gasteiger partial charge on any atom is 0.410 e. The van der Waals surface area contributed by atoms with Gasteiger partial charge in [0.25, 0.3) is 0 Å². The number of piperidine rings is 1. The molecule has 0 saturated carbocycles. The molecule has 2 fully saturated rings. The SMILES string of the molecule is CCOC(=O)CC1(N)COC2(CCN(C(=O)OC(C)(C)C)CC2)C1. The van der Waals surface area contributed by atoms with Crippen LogP contribution in [0.5, 0.6) is 0 Å². The van der Waals surface area contributed by atoms with Gasteiger partial charge in [0.2, 0.25) is 0 Å². The van der Waals surface area contributed by atoms with Crippen LogP contribution in [0.15, 0.2) is 0 Å². The summed E-state index contributed by atoms with van der Waals surface area (Å²) in [5.41, 5.74) is 4.82. The van der Waals surface area contributed by atoms with Crippen molar-refractivity contribution >= 4 is 12.1 Å². The number of nitrogens with zero attached hydrogens (tertiary/aromatic N) is 1. The first kappa shape index (κ1) is 19.0. The number of hydrogen-bond donors (Lipinski definition) is 1. The largest absolute Gasteiger partial charge is 0.466 e. The van der Waals surface area contributed by atoms with E-state index in [0.717, 1.165) is 0 Å². The molecule has 1 unspecified atom stereocenters. The third-order valence-corrected chi connectivity index (χ3v) is 4.47. The standard InChI is InChI=1S/C17H30N2O5/c1-5-22-13(20)10-16(18)11-17(23-12-16)6-8-19(9-7-17)14(21)24-15(2,3)4/h5-12,18H2,1-4H3. The van der Waals surface area contributed by atoms with E-state index in [1.165, 1.54) is 0 Å². The Labute approximate surface area is 143 Å². The zero-order valence-corrected chi connectivity index (χ0v) is 15.2. The van der Waals surface area contributed by atoms with Crippen molar-refractivity contribution in [2.75, 3.05) is 26.3 Å². The summed E-state index contributed by atoms with van der Waals surface area (Å²) in [6.45, 7) is 9.19. The van der Waals surface area contributed by atoms with E-state index in [2.05, 4.69) is 0 Å². The van der Waals surface area contributed by atoms with E-state index >= 15 is 0 Å². The maximum absolute atomic E-state index is 12.1. The van der Waals surface area contributed by atoms with Gasteiger partial charge in [-0.15, -0.1) is 0 Å². The molecule has 1 amide bonds.